The van der Waals surface area contributed by atoms with Gasteiger partial charge in [0.15, 0.2) is 5.69 Å². The van der Waals surface area contributed by atoms with Crippen LogP contribution >= 0.6 is 15.9 Å². The van der Waals surface area contributed by atoms with Crippen LogP contribution in [0.5, 0.6) is 0 Å². The van der Waals surface area contributed by atoms with Gasteiger partial charge in [-0.2, -0.15) is 15.3 Å². The standard InChI is InChI=1S/C16H19BrN8O2/c1-5-25-8-10(17)13(22-25)15(26)21-12-7-19-24(4)14(12)16(27)20-11-6-18-23(3)9(11)2/h6-8H,5H2,1-4H3,(H,20,27)(H,21,26). The first-order valence-corrected chi connectivity index (χ1v) is 8.97. The summed E-state index contributed by atoms with van der Waals surface area (Å²) >= 11 is 3.33. The summed E-state index contributed by atoms with van der Waals surface area (Å²) in [6.07, 6.45) is 4.71. The number of anilines is 2. The Morgan fingerprint density at radius 3 is 2.30 bits per heavy atom. The van der Waals surface area contributed by atoms with Crippen LogP contribution < -0.4 is 10.6 Å². The molecule has 0 radical (unpaired) electrons. The lowest BCUT2D eigenvalue weighted by Gasteiger charge is -2.08. The Bertz CT molecular complexity index is 1020. The molecule has 10 nitrogen and oxygen atoms in total. The third kappa shape index (κ3) is 3.63. The van der Waals surface area contributed by atoms with Crippen LogP contribution in [-0.2, 0) is 20.6 Å². The second-order valence-electron chi connectivity index (χ2n) is 5.89. The predicted octanol–water partition coefficient (Wildman–Crippen LogP) is 1.95. The smallest absolute Gasteiger partial charge is 0.277 e. The maximum atomic E-state index is 12.7. The molecule has 0 aliphatic heterocycles. The monoisotopic (exact) mass is 434 g/mol. The number of nitrogens with one attached hydrogen (secondary N) is 2. The number of carbonyl (C=O) groups excluding carboxylic acids is 2. The lowest BCUT2D eigenvalue weighted by atomic mass is 10.3. The summed E-state index contributed by atoms with van der Waals surface area (Å²) in [7, 11) is 3.41. The highest BCUT2D eigenvalue weighted by Gasteiger charge is 2.22. The van der Waals surface area contributed by atoms with Gasteiger partial charge in [-0.05, 0) is 29.8 Å². The Morgan fingerprint density at radius 2 is 1.70 bits per heavy atom. The third-order valence-corrected chi connectivity index (χ3v) is 4.72. The molecule has 0 aromatic carbocycles. The highest BCUT2D eigenvalue weighted by atomic mass is 79.9. The number of nitrogens with zero attached hydrogens (tertiary/aromatic N) is 6. The van der Waals surface area contributed by atoms with Crippen molar-refractivity contribution in [1.29, 1.82) is 0 Å². The lowest BCUT2D eigenvalue weighted by molar-refractivity contribution is 0.101. The Hall–Kier alpha value is -2.95. The van der Waals surface area contributed by atoms with Crippen molar-refractivity contribution in [3.8, 4) is 0 Å². The van der Waals surface area contributed by atoms with E-state index in [1.54, 1.807) is 35.9 Å². The molecular formula is C16H19BrN8O2. The van der Waals surface area contributed by atoms with Crippen LogP contribution in [-0.4, -0.2) is 41.2 Å². The van der Waals surface area contributed by atoms with Gasteiger partial charge in [0.2, 0.25) is 0 Å². The number of hydrogen-bond donors (Lipinski definition) is 2. The van der Waals surface area contributed by atoms with Gasteiger partial charge in [-0.15, -0.1) is 0 Å². The van der Waals surface area contributed by atoms with Gasteiger partial charge >= 0.3 is 0 Å². The maximum absolute atomic E-state index is 12.7. The quantitative estimate of drug-likeness (QED) is 0.637. The van der Waals surface area contributed by atoms with Crippen LogP contribution in [0, 0.1) is 6.92 Å². The molecule has 3 heterocycles. The number of hydrogen-bond acceptors (Lipinski definition) is 5. The van der Waals surface area contributed by atoms with Crippen LogP contribution in [0.4, 0.5) is 11.4 Å². The number of rotatable bonds is 5. The zero-order valence-corrected chi connectivity index (χ0v) is 16.9. The summed E-state index contributed by atoms with van der Waals surface area (Å²) in [5.74, 6) is -0.840. The van der Waals surface area contributed by atoms with Gasteiger partial charge in [0.05, 0.1) is 33.9 Å². The van der Waals surface area contributed by atoms with Gasteiger partial charge in [0.1, 0.15) is 5.69 Å². The molecule has 3 rings (SSSR count). The zero-order chi connectivity index (χ0) is 19.7. The Morgan fingerprint density at radius 1 is 1.07 bits per heavy atom. The van der Waals surface area contributed by atoms with Gasteiger partial charge in [0, 0.05) is 26.8 Å². The van der Waals surface area contributed by atoms with E-state index in [1.807, 2.05) is 13.8 Å². The average molecular weight is 435 g/mol. The number of halogens is 1. The van der Waals surface area contributed by atoms with Gasteiger partial charge in [0.25, 0.3) is 11.8 Å². The highest BCUT2D eigenvalue weighted by Crippen LogP contribution is 2.21. The molecule has 2 amide bonds. The summed E-state index contributed by atoms with van der Waals surface area (Å²) in [5, 5.41) is 17.9. The van der Waals surface area contributed by atoms with Crippen molar-refractivity contribution in [3.63, 3.8) is 0 Å². The minimum atomic E-state index is -0.436. The molecule has 0 aliphatic rings. The van der Waals surface area contributed by atoms with Crippen molar-refractivity contribution in [2.45, 2.75) is 20.4 Å². The molecule has 2 N–H and O–H groups in total. The van der Waals surface area contributed by atoms with Crippen molar-refractivity contribution < 1.29 is 9.59 Å². The first-order valence-electron chi connectivity index (χ1n) is 8.18. The fourth-order valence-corrected chi connectivity index (χ4v) is 2.99. The molecule has 0 aliphatic carbocycles. The molecule has 27 heavy (non-hydrogen) atoms. The average Bonchev–Trinajstić information content (AvgIpc) is 3.28. The van der Waals surface area contributed by atoms with E-state index in [9.17, 15) is 9.59 Å². The lowest BCUT2D eigenvalue weighted by Crippen LogP contribution is -2.21. The van der Waals surface area contributed by atoms with E-state index < -0.39 is 11.8 Å². The minimum absolute atomic E-state index is 0.220. The second-order valence-corrected chi connectivity index (χ2v) is 6.74. The molecule has 11 heteroatoms. The van der Waals surface area contributed by atoms with Gasteiger partial charge in [-0.3, -0.25) is 23.6 Å². The second kappa shape index (κ2) is 7.35. The van der Waals surface area contributed by atoms with Gasteiger partial charge in [-0.25, -0.2) is 0 Å². The normalized spacial score (nSPS) is 10.9. The Balaban J connectivity index is 1.83. The first kappa shape index (κ1) is 18.8. The molecule has 3 aromatic heterocycles. The summed E-state index contributed by atoms with van der Waals surface area (Å²) < 4.78 is 5.27. The fourth-order valence-electron chi connectivity index (χ4n) is 2.50. The largest absolute Gasteiger partial charge is 0.318 e. The predicted molar refractivity (Wildman–Crippen MR) is 103 cm³/mol. The van der Waals surface area contributed by atoms with Crippen molar-refractivity contribution >= 4 is 39.1 Å². The Labute approximate surface area is 163 Å². The third-order valence-electron chi connectivity index (χ3n) is 4.14. The minimum Gasteiger partial charge on any atom is -0.318 e. The summed E-state index contributed by atoms with van der Waals surface area (Å²) in [6, 6.07) is 0. The molecule has 0 bridgehead atoms. The fraction of sp³-hybridized carbons (Fsp3) is 0.312. The van der Waals surface area contributed by atoms with Crippen molar-refractivity contribution in [2.75, 3.05) is 10.6 Å². The van der Waals surface area contributed by atoms with Crippen molar-refractivity contribution in [2.24, 2.45) is 14.1 Å². The number of carbonyl (C=O) groups is 2. The molecule has 3 aromatic rings. The van der Waals surface area contributed by atoms with Gasteiger partial charge in [-0.1, -0.05) is 0 Å². The van der Waals surface area contributed by atoms with Crippen LogP contribution in [0.15, 0.2) is 23.1 Å². The van der Waals surface area contributed by atoms with Crippen LogP contribution in [0.1, 0.15) is 33.6 Å². The Kier molecular flexibility index (Phi) is 5.13. The van der Waals surface area contributed by atoms with E-state index >= 15 is 0 Å². The molecule has 0 fully saturated rings. The molecule has 0 spiro atoms. The van der Waals surface area contributed by atoms with E-state index in [4.69, 9.17) is 0 Å². The molecule has 0 saturated carbocycles. The van der Waals surface area contributed by atoms with Crippen molar-refractivity contribution in [3.05, 3.63) is 40.1 Å². The van der Waals surface area contributed by atoms with E-state index in [0.717, 1.165) is 5.69 Å². The van der Waals surface area contributed by atoms with Crippen LogP contribution in [0.3, 0.4) is 0 Å². The van der Waals surface area contributed by atoms with E-state index in [0.29, 0.717) is 22.4 Å². The zero-order valence-electron chi connectivity index (χ0n) is 15.3. The van der Waals surface area contributed by atoms with E-state index in [-0.39, 0.29) is 11.4 Å². The SMILES string of the molecule is CCn1cc(Br)c(C(=O)Nc2cnn(C)c2C(=O)Nc2cnn(C)c2C)n1. The van der Waals surface area contributed by atoms with Crippen LogP contribution in [0.25, 0.3) is 0 Å². The molecule has 0 atom stereocenters. The topological polar surface area (TPSA) is 112 Å². The van der Waals surface area contributed by atoms with Crippen LogP contribution in [0.2, 0.25) is 0 Å². The number of aryl methyl sites for hydroxylation is 3. The highest BCUT2D eigenvalue weighted by molar-refractivity contribution is 9.10. The summed E-state index contributed by atoms with van der Waals surface area (Å²) in [5.41, 5.74) is 2.14. The van der Waals surface area contributed by atoms with E-state index in [1.165, 1.54) is 10.9 Å². The molecule has 0 saturated heterocycles. The number of amides is 2. The first-order chi connectivity index (χ1) is 12.8. The maximum Gasteiger partial charge on any atom is 0.277 e. The van der Waals surface area contributed by atoms with Gasteiger partial charge < -0.3 is 10.6 Å². The van der Waals surface area contributed by atoms with Crippen molar-refractivity contribution in [1.82, 2.24) is 29.3 Å². The molecule has 142 valence electrons. The molecule has 0 unspecified atom stereocenters. The number of aromatic nitrogens is 6. The summed E-state index contributed by atoms with van der Waals surface area (Å²) in [6.45, 7) is 4.40. The molecular weight excluding hydrogens is 416 g/mol. The van der Waals surface area contributed by atoms with E-state index in [2.05, 4.69) is 41.9 Å². The summed E-state index contributed by atoms with van der Waals surface area (Å²) in [4.78, 5) is 25.3.